The number of nitrogens with zero attached hydrogens (tertiary/aromatic N) is 2. The van der Waals surface area contributed by atoms with Crippen molar-refractivity contribution in [2.75, 3.05) is 0 Å². The molecular weight excluding hydrogens is 220 g/mol. The summed E-state index contributed by atoms with van der Waals surface area (Å²) >= 11 is 0. The fraction of sp³-hybridized carbons (Fsp3) is 0.250. The highest BCUT2D eigenvalue weighted by Gasteiger charge is 2.14. The molecule has 0 spiro atoms. The third-order valence-corrected chi connectivity index (χ3v) is 2.90. The maximum Gasteiger partial charge on any atom is 0.187 e. The van der Waals surface area contributed by atoms with Crippen molar-refractivity contribution in [3.63, 3.8) is 0 Å². The van der Waals surface area contributed by atoms with Crippen LogP contribution in [-0.2, 0) is 5.41 Å². The Labute approximate surface area is 108 Å². The molecule has 0 aliphatic heterocycles. The summed E-state index contributed by atoms with van der Waals surface area (Å²) in [7, 11) is 0. The van der Waals surface area contributed by atoms with Crippen LogP contribution in [0.15, 0.2) is 42.6 Å². The Balaban J connectivity index is 2.48. The lowest BCUT2D eigenvalue weighted by molar-refractivity contribution is 0.589. The number of rotatable bonds is 1. The molecular formula is C16H16N2. The number of hydrogen-bond acceptors (Lipinski definition) is 1. The van der Waals surface area contributed by atoms with E-state index in [4.69, 9.17) is 6.57 Å². The largest absolute Gasteiger partial charge is 0.256 e. The van der Waals surface area contributed by atoms with Crippen LogP contribution in [0, 0.1) is 6.57 Å². The lowest BCUT2D eigenvalue weighted by atomic mass is 9.87. The topological polar surface area (TPSA) is 17.2 Å². The quantitative estimate of drug-likeness (QED) is 0.661. The zero-order valence-corrected chi connectivity index (χ0v) is 10.9. The third-order valence-electron chi connectivity index (χ3n) is 2.90. The Morgan fingerprint density at radius 3 is 2.56 bits per heavy atom. The molecule has 1 heterocycles. The van der Waals surface area contributed by atoms with Gasteiger partial charge in [-0.05, 0) is 34.7 Å². The molecule has 2 heteroatoms. The van der Waals surface area contributed by atoms with Crippen LogP contribution in [0.25, 0.3) is 16.1 Å². The maximum absolute atomic E-state index is 7.05. The summed E-state index contributed by atoms with van der Waals surface area (Å²) in [5, 5.41) is 0. The zero-order valence-electron chi connectivity index (χ0n) is 10.9. The Kier molecular flexibility index (Phi) is 3.16. The van der Waals surface area contributed by atoms with Crippen LogP contribution in [0.4, 0.5) is 5.69 Å². The first-order valence-corrected chi connectivity index (χ1v) is 5.95. The predicted molar refractivity (Wildman–Crippen MR) is 74.6 cm³/mol. The molecule has 0 unspecified atom stereocenters. The minimum absolute atomic E-state index is 0.106. The van der Waals surface area contributed by atoms with E-state index < -0.39 is 0 Å². The van der Waals surface area contributed by atoms with E-state index in [0.717, 1.165) is 11.3 Å². The van der Waals surface area contributed by atoms with Crippen LogP contribution in [0.1, 0.15) is 26.3 Å². The van der Waals surface area contributed by atoms with Gasteiger partial charge in [-0.1, -0.05) is 39.0 Å². The van der Waals surface area contributed by atoms with Gasteiger partial charge in [-0.2, -0.15) is 0 Å². The van der Waals surface area contributed by atoms with Crippen molar-refractivity contribution in [3.05, 3.63) is 59.6 Å². The molecule has 90 valence electrons. The standard InChI is InChI=1S/C16H16N2/c1-16(2,3)13-8-9-18-15(11-13)12-6-5-7-14(10-12)17-4/h5-11H,1-3H3. The molecule has 1 aromatic carbocycles. The van der Waals surface area contributed by atoms with Crippen molar-refractivity contribution in [3.8, 4) is 11.3 Å². The van der Waals surface area contributed by atoms with Crippen LogP contribution < -0.4 is 0 Å². The first-order valence-electron chi connectivity index (χ1n) is 5.95. The zero-order chi connectivity index (χ0) is 13.2. The number of aromatic nitrogens is 1. The summed E-state index contributed by atoms with van der Waals surface area (Å²) in [6, 6.07) is 11.7. The fourth-order valence-corrected chi connectivity index (χ4v) is 1.79. The van der Waals surface area contributed by atoms with Crippen molar-refractivity contribution < 1.29 is 0 Å². The maximum atomic E-state index is 7.05. The molecule has 0 saturated heterocycles. The molecule has 0 fully saturated rings. The lowest BCUT2D eigenvalue weighted by Gasteiger charge is -2.19. The number of benzene rings is 1. The Hall–Kier alpha value is -2.14. The van der Waals surface area contributed by atoms with E-state index in [1.54, 1.807) is 0 Å². The van der Waals surface area contributed by atoms with Crippen LogP contribution in [0.2, 0.25) is 0 Å². The van der Waals surface area contributed by atoms with Gasteiger partial charge in [0.05, 0.1) is 12.3 Å². The molecule has 18 heavy (non-hydrogen) atoms. The van der Waals surface area contributed by atoms with E-state index in [1.165, 1.54) is 5.56 Å². The molecule has 0 radical (unpaired) electrons. The molecule has 2 rings (SSSR count). The van der Waals surface area contributed by atoms with Gasteiger partial charge < -0.3 is 0 Å². The van der Waals surface area contributed by atoms with Gasteiger partial charge in [-0.25, -0.2) is 4.85 Å². The van der Waals surface area contributed by atoms with Crippen molar-refractivity contribution >= 4 is 5.69 Å². The van der Waals surface area contributed by atoms with Crippen LogP contribution >= 0.6 is 0 Å². The second kappa shape index (κ2) is 4.62. The van der Waals surface area contributed by atoms with E-state index in [9.17, 15) is 0 Å². The van der Waals surface area contributed by atoms with Crippen molar-refractivity contribution in [1.29, 1.82) is 0 Å². The van der Waals surface area contributed by atoms with E-state index >= 15 is 0 Å². The van der Waals surface area contributed by atoms with E-state index in [1.807, 2.05) is 36.5 Å². The second-order valence-electron chi connectivity index (χ2n) is 5.34. The minimum Gasteiger partial charge on any atom is -0.256 e. The summed E-state index contributed by atoms with van der Waals surface area (Å²) < 4.78 is 0. The average molecular weight is 236 g/mol. The Morgan fingerprint density at radius 1 is 1.11 bits per heavy atom. The smallest absolute Gasteiger partial charge is 0.187 e. The lowest BCUT2D eigenvalue weighted by Crippen LogP contribution is -2.11. The van der Waals surface area contributed by atoms with Gasteiger partial charge in [0.1, 0.15) is 0 Å². The van der Waals surface area contributed by atoms with Crippen LogP contribution in [0.5, 0.6) is 0 Å². The van der Waals surface area contributed by atoms with Crippen molar-refractivity contribution in [2.45, 2.75) is 26.2 Å². The van der Waals surface area contributed by atoms with Crippen molar-refractivity contribution in [2.24, 2.45) is 0 Å². The van der Waals surface area contributed by atoms with Crippen LogP contribution in [0.3, 0.4) is 0 Å². The molecule has 0 saturated carbocycles. The van der Waals surface area contributed by atoms with Gasteiger partial charge in [0.25, 0.3) is 0 Å². The summed E-state index contributed by atoms with van der Waals surface area (Å²) in [6.45, 7) is 13.6. The molecule has 2 nitrogen and oxygen atoms in total. The predicted octanol–water partition coefficient (Wildman–Crippen LogP) is 4.60. The van der Waals surface area contributed by atoms with Crippen molar-refractivity contribution in [1.82, 2.24) is 4.98 Å². The monoisotopic (exact) mass is 236 g/mol. The van der Waals surface area contributed by atoms with E-state index in [2.05, 4.69) is 36.7 Å². The Bertz CT molecular complexity index is 601. The molecule has 0 N–H and O–H groups in total. The first kappa shape index (κ1) is 12.3. The fourth-order valence-electron chi connectivity index (χ4n) is 1.79. The third kappa shape index (κ3) is 2.57. The normalized spacial score (nSPS) is 11.0. The molecule has 0 bridgehead atoms. The van der Waals surface area contributed by atoms with Gasteiger partial charge in [0.2, 0.25) is 0 Å². The molecule has 0 atom stereocenters. The number of pyridine rings is 1. The number of hydrogen-bond donors (Lipinski definition) is 0. The summed E-state index contributed by atoms with van der Waals surface area (Å²) in [5.74, 6) is 0. The van der Waals surface area contributed by atoms with Gasteiger partial charge >= 0.3 is 0 Å². The van der Waals surface area contributed by atoms with Gasteiger partial charge in [0, 0.05) is 6.20 Å². The van der Waals surface area contributed by atoms with Gasteiger partial charge in [-0.3, -0.25) is 4.98 Å². The molecule has 0 aliphatic carbocycles. The SMILES string of the molecule is [C-]#[N+]c1cccc(-c2cc(C(C)(C)C)ccn2)c1. The van der Waals surface area contributed by atoms with E-state index in [0.29, 0.717) is 5.69 Å². The molecule has 0 aliphatic rings. The summed E-state index contributed by atoms with van der Waals surface area (Å²) in [5.41, 5.74) is 3.92. The van der Waals surface area contributed by atoms with Gasteiger partial charge in [0.15, 0.2) is 5.69 Å². The molecule has 1 aromatic heterocycles. The average Bonchev–Trinajstić information content (AvgIpc) is 2.38. The second-order valence-corrected chi connectivity index (χ2v) is 5.34. The molecule has 2 aromatic rings. The molecule has 0 amide bonds. The van der Waals surface area contributed by atoms with Gasteiger partial charge in [-0.15, -0.1) is 0 Å². The summed E-state index contributed by atoms with van der Waals surface area (Å²) in [4.78, 5) is 7.85. The highest BCUT2D eigenvalue weighted by Crippen LogP contribution is 2.27. The first-order chi connectivity index (χ1) is 8.50. The highest BCUT2D eigenvalue weighted by molar-refractivity contribution is 5.66. The summed E-state index contributed by atoms with van der Waals surface area (Å²) in [6.07, 6.45) is 1.83. The Morgan fingerprint density at radius 2 is 1.89 bits per heavy atom. The minimum atomic E-state index is 0.106. The van der Waals surface area contributed by atoms with E-state index in [-0.39, 0.29) is 5.41 Å². The van der Waals surface area contributed by atoms with Crippen LogP contribution in [-0.4, -0.2) is 4.98 Å². The highest BCUT2D eigenvalue weighted by atomic mass is 14.7.